The minimum Gasteiger partial charge on any atom is -0.465 e. The number of nitrogens with one attached hydrogen (secondary N) is 2. The van der Waals surface area contributed by atoms with Gasteiger partial charge in [-0.05, 0) is 24.3 Å². The lowest BCUT2D eigenvalue weighted by atomic mass is 10.0. The van der Waals surface area contributed by atoms with Gasteiger partial charge in [-0.1, -0.05) is 6.07 Å². The highest BCUT2D eigenvalue weighted by molar-refractivity contribution is 6.22. The smallest absolute Gasteiger partial charge is 0.338 e. The first-order valence-corrected chi connectivity index (χ1v) is 6.49. The molecule has 106 valence electrons. The van der Waals surface area contributed by atoms with Gasteiger partial charge in [-0.2, -0.15) is 0 Å². The molecular weight excluding hydrogens is 266 g/mol. The van der Waals surface area contributed by atoms with Crippen molar-refractivity contribution < 1.29 is 9.53 Å². The quantitative estimate of drug-likeness (QED) is 0.392. The first-order chi connectivity index (χ1) is 10.2. The lowest BCUT2D eigenvalue weighted by molar-refractivity contribution is -0.133. The van der Waals surface area contributed by atoms with Gasteiger partial charge in [0.25, 0.3) is 0 Å². The van der Waals surface area contributed by atoms with Gasteiger partial charge in [-0.3, -0.25) is 0 Å². The number of hydrogen-bond donors (Lipinski definition) is 3. The molecule has 0 bridgehead atoms. The number of nitrogen functional groups attached to an aromatic ring is 1. The van der Waals surface area contributed by atoms with E-state index in [2.05, 4.69) is 9.97 Å². The van der Waals surface area contributed by atoms with Crippen molar-refractivity contribution in [3.8, 4) is 0 Å². The molecule has 4 N–H and O–H groups in total. The van der Waals surface area contributed by atoms with Crippen molar-refractivity contribution in [2.45, 2.75) is 0 Å². The summed E-state index contributed by atoms with van der Waals surface area (Å²) in [5.41, 5.74) is 9.72. The van der Waals surface area contributed by atoms with Gasteiger partial charge in [0.05, 0.1) is 12.7 Å². The molecule has 0 atom stereocenters. The SMILES string of the molecule is COC(=O)/C(=C/c1c[nH]c2cccc(N)c12)c1cc[nH]c1. The maximum absolute atomic E-state index is 12.0. The number of benzene rings is 1. The lowest BCUT2D eigenvalue weighted by Crippen LogP contribution is -2.03. The third-order valence-electron chi connectivity index (χ3n) is 3.38. The zero-order valence-electron chi connectivity index (χ0n) is 11.5. The highest BCUT2D eigenvalue weighted by Gasteiger charge is 2.14. The summed E-state index contributed by atoms with van der Waals surface area (Å²) in [6, 6.07) is 7.48. The molecule has 0 saturated heterocycles. The van der Waals surface area contributed by atoms with Crippen molar-refractivity contribution in [3.05, 3.63) is 54.0 Å². The summed E-state index contributed by atoms with van der Waals surface area (Å²) in [5, 5.41) is 0.898. The number of methoxy groups -OCH3 is 1. The summed E-state index contributed by atoms with van der Waals surface area (Å²) >= 11 is 0. The predicted molar refractivity (Wildman–Crippen MR) is 83.4 cm³/mol. The molecule has 0 radical (unpaired) electrons. The normalized spacial score (nSPS) is 11.8. The number of hydrogen-bond acceptors (Lipinski definition) is 3. The number of aromatic nitrogens is 2. The Morgan fingerprint density at radius 3 is 2.86 bits per heavy atom. The van der Waals surface area contributed by atoms with Gasteiger partial charge < -0.3 is 20.4 Å². The van der Waals surface area contributed by atoms with E-state index in [-0.39, 0.29) is 0 Å². The molecule has 1 aromatic carbocycles. The highest BCUT2D eigenvalue weighted by atomic mass is 16.5. The molecule has 5 heteroatoms. The molecule has 0 amide bonds. The van der Waals surface area contributed by atoms with Gasteiger partial charge in [0.15, 0.2) is 0 Å². The van der Waals surface area contributed by atoms with Crippen molar-refractivity contribution in [1.82, 2.24) is 9.97 Å². The van der Waals surface area contributed by atoms with Crippen LogP contribution >= 0.6 is 0 Å². The molecule has 21 heavy (non-hydrogen) atoms. The monoisotopic (exact) mass is 281 g/mol. The van der Waals surface area contributed by atoms with Gasteiger partial charge in [0.1, 0.15) is 0 Å². The Morgan fingerprint density at radius 1 is 1.29 bits per heavy atom. The van der Waals surface area contributed by atoms with Crippen LogP contribution in [0.1, 0.15) is 11.1 Å². The van der Waals surface area contributed by atoms with E-state index < -0.39 is 5.97 Å². The molecule has 0 fully saturated rings. The van der Waals surface area contributed by atoms with Crippen LogP contribution in [0.25, 0.3) is 22.6 Å². The molecule has 0 aliphatic heterocycles. The fraction of sp³-hybridized carbons (Fsp3) is 0.0625. The zero-order valence-corrected chi connectivity index (χ0v) is 11.5. The molecule has 0 spiro atoms. The minimum atomic E-state index is -0.390. The number of anilines is 1. The molecule has 0 saturated carbocycles. The number of H-pyrrole nitrogens is 2. The molecular formula is C16H15N3O2. The Bertz CT molecular complexity index is 813. The van der Waals surface area contributed by atoms with Gasteiger partial charge in [-0.25, -0.2) is 4.79 Å². The van der Waals surface area contributed by atoms with E-state index in [0.717, 1.165) is 22.0 Å². The fourth-order valence-electron chi connectivity index (χ4n) is 2.37. The van der Waals surface area contributed by atoms with E-state index in [1.807, 2.05) is 30.5 Å². The van der Waals surface area contributed by atoms with Crippen molar-refractivity contribution in [2.75, 3.05) is 12.8 Å². The van der Waals surface area contributed by atoms with E-state index in [9.17, 15) is 4.79 Å². The molecule has 0 aliphatic rings. The van der Waals surface area contributed by atoms with Crippen LogP contribution in [0.3, 0.4) is 0 Å². The molecule has 0 aliphatic carbocycles. The number of nitrogens with two attached hydrogens (primary N) is 1. The van der Waals surface area contributed by atoms with Crippen LogP contribution in [0.2, 0.25) is 0 Å². The number of fused-ring (bicyclic) bond motifs is 1. The van der Waals surface area contributed by atoms with Crippen molar-refractivity contribution >= 4 is 34.2 Å². The molecule has 3 rings (SSSR count). The van der Waals surface area contributed by atoms with E-state index in [1.165, 1.54) is 7.11 Å². The Balaban J connectivity index is 2.18. The number of carbonyl (C=O) groups is 1. The lowest BCUT2D eigenvalue weighted by Gasteiger charge is -2.04. The van der Waals surface area contributed by atoms with Gasteiger partial charge in [0.2, 0.25) is 0 Å². The number of ether oxygens (including phenoxy) is 1. The summed E-state index contributed by atoms with van der Waals surface area (Å²) in [4.78, 5) is 18.1. The van der Waals surface area contributed by atoms with Gasteiger partial charge >= 0.3 is 5.97 Å². The van der Waals surface area contributed by atoms with Crippen LogP contribution in [0.4, 0.5) is 5.69 Å². The maximum Gasteiger partial charge on any atom is 0.338 e. The summed E-state index contributed by atoms with van der Waals surface area (Å²) in [6.45, 7) is 0. The summed E-state index contributed by atoms with van der Waals surface area (Å²) < 4.78 is 4.86. The Kier molecular flexibility index (Phi) is 3.23. The van der Waals surface area contributed by atoms with Crippen LogP contribution in [0.5, 0.6) is 0 Å². The first kappa shape index (κ1) is 13.1. The first-order valence-electron chi connectivity index (χ1n) is 6.49. The second kappa shape index (κ2) is 5.20. The van der Waals surface area contributed by atoms with E-state index in [0.29, 0.717) is 11.3 Å². The van der Waals surface area contributed by atoms with Gasteiger partial charge in [0, 0.05) is 46.3 Å². The molecule has 0 unspecified atom stereocenters. The molecule has 2 heterocycles. The van der Waals surface area contributed by atoms with Crippen molar-refractivity contribution in [2.24, 2.45) is 0 Å². The van der Waals surface area contributed by atoms with Crippen LogP contribution in [-0.4, -0.2) is 23.0 Å². The van der Waals surface area contributed by atoms with Crippen LogP contribution < -0.4 is 5.73 Å². The summed E-state index contributed by atoms with van der Waals surface area (Å²) in [7, 11) is 1.37. The standard InChI is InChI=1S/C16H15N3O2/c1-21-16(20)12(10-5-6-18-8-10)7-11-9-19-14-4-2-3-13(17)15(11)14/h2-9,18-19H,17H2,1H3/b12-7+. The van der Waals surface area contributed by atoms with E-state index >= 15 is 0 Å². The summed E-state index contributed by atoms with van der Waals surface area (Å²) in [6.07, 6.45) is 7.12. The second-order valence-corrected chi connectivity index (χ2v) is 4.66. The molecule has 2 aromatic heterocycles. The topological polar surface area (TPSA) is 83.9 Å². The van der Waals surface area contributed by atoms with E-state index in [1.54, 1.807) is 18.5 Å². The average Bonchev–Trinajstić information content (AvgIpc) is 3.14. The number of aromatic amines is 2. The third kappa shape index (κ3) is 2.29. The van der Waals surface area contributed by atoms with Crippen LogP contribution in [-0.2, 0) is 9.53 Å². The number of rotatable bonds is 3. The summed E-state index contributed by atoms with van der Waals surface area (Å²) in [5.74, 6) is -0.390. The Morgan fingerprint density at radius 2 is 2.14 bits per heavy atom. The van der Waals surface area contributed by atoms with E-state index in [4.69, 9.17) is 10.5 Å². The second-order valence-electron chi connectivity index (χ2n) is 4.66. The largest absolute Gasteiger partial charge is 0.465 e. The fourth-order valence-corrected chi connectivity index (χ4v) is 2.37. The predicted octanol–water partition coefficient (Wildman–Crippen LogP) is 2.79. The van der Waals surface area contributed by atoms with Crippen molar-refractivity contribution in [3.63, 3.8) is 0 Å². The molecule has 3 aromatic rings. The van der Waals surface area contributed by atoms with Gasteiger partial charge in [-0.15, -0.1) is 0 Å². The van der Waals surface area contributed by atoms with Crippen LogP contribution in [0.15, 0.2) is 42.9 Å². The Labute approximate surface area is 121 Å². The van der Waals surface area contributed by atoms with Crippen LogP contribution in [0, 0.1) is 0 Å². The Hall–Kier alpha value is -2.95. The van der Waals surface area contributed by atoms with Crippen molar-refractivity contribution in [1.29, 1.82) is 0 Å². The molecule has 5 nitrogen and oxygen atoms in total. The zero-order chi connectivity index (χ0) is 14.8. The maximum atomic E-state index is 12.0. The average molecular weight is 281 g/mol. The number of esters is 1. The minimum absolute atomic E-state index is 0.390. The third-order valence-corrected chi connectivity index (χ3v) is 3.38. The number of carbonyl (C=O) groups excluding carboxylic acids is 1. The highest BCUT2D eigenvalue weighted by Crippen LogP contribution is 2.28.